The monoisotopic (exact) mass is 397 g/mol. The highest BCUT2D eigenvalue weighted by Gasteiger charge is 2.12. The maximum atomic E-state index is 5.96. The van der Waals surface area contributed by atoms with Crippen molar-refractivity contribution in [2.75, 3.05) is 0 Å². The minimum Gasteiger partial charge on any atom is -0.435 e. The minimum absolute atomic E-state index is 0.608. The lowest BCUT2D eigenvalue weighted by Crippen LogP contribution is -1.98. The van der Waals surface area contributed by atoms with Crippen LogP contribution in [0.2, 0.25) is 0 Å². The van der Waals surface area contributed by atoms with Crippen molar-refractivity contribution < 1.29 is 4.74 Å². The molecule has 0 unspecified atom stereocenters. The van der Waals surface area contributed by atoms with Gasteiger partial charge in [0.25, 0.3) is 0 Å². The Morgan fingerprint density at radius 2 is 2.05 bits per heavy atom. The summed E-state index contributed by atoms with van der Waals surface area (Å²) in [6.45, 7) is 4.00. The van der Waals surface area contributed by atoms with Gasteiger partial charge in [0.15, 0.2) is 5.75 Å². The zero-order valence-electron chi connectivity index (χ0n) is 11.1. The van der Waals surface area contributed by atoms with Crippen LogP contribution in [0, 0.1) is 10.6 Å². The van der Waals surface area contributed by atoms with E-state index in [0.29, 0.717) is 5.88 Å². The van der Waals surface area contributed by atoms with Crippen molar-refractivity contribution in [3.05, 3.63) is 38.8 Å². The van der Waals surface area contributed by atoms with Gasteiger partial charge in [-0.05, 0) is 53.1 Å². The van der Waals surface area contributed by atoms with E-state index in [1.807, 2.05) is 37.4 Å². The fourth-order valence-corrected chi connectivity index (χ4v) is 3.24. The number of hydrogen-bond acceptors (Lipinski definition) is 5. The molecule has 0 radical (unpaired) electrons. The molecule has 3 aromatic rings. The molecule has 0 aromatic carbocycles. The zero-order chi connectivity index (χ0) is 14.1. The first-order chi connectivity index (χ1) is 9.67. The highest BCUT2D eigenvalue weighted by Crippen LogP contribution is 2.32. The fraction of sp³-hybridized carbons (Fsp3) is 0.214. The van der Waals surface area contributed by atoms with Crippen LogP contribution >= 0.6 is 33.9 Å². The average molecular weight is 397 g/mol. The van der Waals surface area contributed by atoms with Crippen LogP contribution in [0.1, 0.15) is 18.4 Å². The summed E-state index contributed by atoms with van der Waals surface area (Å²) in [5.41, 5.74) is 0.972. The molecule has 0 aliphatic rings. The number of pyridine rings is 1. The lowest BCUT2D eigenvalue weighted by molar-refractivity contribution is 0.459. The molecule has 3 rings (SSSR count). The Labute approximate surface area is 134 Å². The molecule has 6 heteroatoms. The summed E-state index contributed by atoms with van der Waals surface area (Å²) in [6, 6.07) is 5.85. The first-order valence-electron chi connectivity index (χ1n) is 6.22. The average Bonchev–Trinajstić information content (AvgIpc) is 2.90. The summed E-state index contributed by atoms with van der Waals surface area (Å²) in [5.74, 6) is 2.13. The van der Waals surface area contributed by atoms with Gasteiger partial charge in [0, 0.05) is 12.1 Å². The second kappa shape index (κ2) is 5.61. The molecule has 0 saturated heterocycles. The van der Waals surface area contributed by atoms with Crippen LogP contribution in [-0.4, -0.2) is 15.0 Å². The second-order valence-corrected chi connectivity index (χ2v) is 6.20. The number of aromatic nitrogens is 3. The number of ether oxygens (including phenoxy) is 1. The van der Waals surface area contributed by atoms with Crippen LogP contribution in [0.5, 0.6) is 11.6 Å². The smallest absolute Gasteiger partial charge is 0.231 e. The lowest BCUT2D eigenvalue weighted by atomic mass is 10.3. The second-order valence-electron chi connectivity index (χ2n) is 4.28. The molecule has 0 amide bonds. The number of halogens is 1. The highest BCUT2D eigenvalue weighted by molar-refractivity contribution is 14.1. The van der Waals surface area contributed by atoms with Gasteiger partial charge in [0.1, 0.15) is 14.4 Å². The van der Waals surface area contributed by atoms with E-state index < -0.39 is 0 Å². The molecule has 0 aliphatic carbocycles. The summed E-state index contributed by atoms with van der Waals surface area (Å²) < 4.78 is 6.80. The normalized spacial score (nSPS) is 10.9. The Bertz CT molecular complexity index is 772. The quantitative estimate of drug-likeness (QED) is 0.487. The molecule has 0 saturated carbocycles. The predicted octanol–water partition coefficient (Wildman–Crippen LogP) is 4.35. The van der Waals surface area contributed by atoms with E-state index >= 15 is 0 Å². The molecule has 3 heterocycles. The number of aryl methyl sites for hydroxylation is 2. The van der Waals surface area contributed by atoms with Crippen LogP contribution in [0.3, 0.4) is 0 Å². The topological polar surface area (TPSA) is 47.9 Å². The molecule has 0 N–H and O–H groups in total. The van der Waals surface area contributed by atoms with Crippen molar-refractivity contribution in [2.24, 2.45) is 0 Å². The number of thiophene rings is 1. The van der Waals surface area contributed by atoms with Gasteiger partial charge in [-0.3, -0.25) is 0 Å². The summed E-state index contributed by atoms with van der Waals surface area (Å²) in [7, 11) is 0. The van der Waals surface area contributed by atoms with Gasteiger partial charge in [-0.2, -0.15) is 4.98 Å². The first-order valence-corrected chi connectivity index (χ1v) is 8.18. The molecule has 0 spiro atoms. The summed E-state index contributed by atoms with van der Waals surface area (Å²) in [6.07, 6.45) is 0.785. The number of rotatable bonds is 3. The van der Waals surface area contributed by atoms with E-state index in [1.54, 1.807) is 11.3 Å². The van der Waals surface area contributed by atoms with Crippen molar-refractivity contribution in [1.29, 1.82) is 0 Å². The molecule has 20 heavy (non-hydrogen) atoms. The van der Waals surface area contributed by atoms with Crippen LogP contribution in [-0.2, 0) is 6.42 Å². The van der Waals surface area contributed by atoms with Gasteiger partial charge in [-0.15, -0.1) is 11.3 Å². The Morgan fingerprint density at radius 1 is 1.20 bits per heavy atom. The molecule has 102 valence electrons. The Kier molecular flexibility index (Phi) is 3.84. The molecule has 0 fully saturated rings. The van der Waals surface area contributed by atoms with Crippen molar-refractivity contribution in [1.82, 2.24) is 15.0 Å². The minimum atomic E-state index is 0.608. The van der Waals surface area contributed by atoms with Crippen molar-refractivity contribution in [2.45, 2.75) is 20.3 Å². The number of fused-ring (bicyclic) bond motifs is 1. The van der Waals surface area contributed by atoms with Crippen LogP contribution in [0.15, 0.2) is 23.6 Å². The van der Waals surface area contributed by atoms with Gasteiger partial charge >= 0.3 is 0 Å². The summed E-state index contributed by atoms with van der Waals surface area (Å²) in [4.78, 5) is 14.4. The molecule has 0 atom stereocenters. The predicted molar refractivity (Wildman–Crippen MR) is 88.6 cm³/mol. The fourth-order valence-electron chi connectivity index (χ4n) is 1.80. The molecule has 0 aliphatic heterocycles. The van der Waals surface area contributed by atoms with Gasteiger partial charge < -0.3 is 4.74 Å². The lowest BCUT2D eigenvalue weighted by Gasteiger charge is -2.09. The van der Waals surface area contributed by atoms with Gasteiger partial charge in [0.2, 0.25) is 5.88 Å². The van der Waals surface area contributed by atoms with E-state index in [2.05, 4.69) is 37.5 Å². The van der Waals surface area contributed by atoms with Crippen LogP contribution in [0.25, 0.3) is 10.2 Å². The van der Waals surface area contributed by atoms with Crippen molar-refractivity contribution >= 4 is 44.1 Å². The Balaban J connectivity index is 2.07. The SMILES string of the molecule is CCc1nc(Oc2ccc(C)nc2I)c2ccsc2n1. The number of hydrogen-bond donors (Lipinski definition) is 0. The Hall–Kier alpha value is -1.28. The van der Waals surface area contributed by atoms with E-state index in [-0.39, 0.29) is 0 Å². The summed E-state index contributed by atoms with van der Waals surface area (Å²) in [5, 5.41) is 2.95. The van der Waals surface area contributed by atoms with Crippen LogP contribution < -0.4 is 4.74 Å². The molecule has 3 aromatic heterocycles. The van der Waals surface area contributed by atoms with E-state index in [1.165, 1.54) is 0 Å². The van der Waals surface area contributed by atoms with Gasteiger partial charge in [-0.25, -0.2) is 9.97 Å². The van der Waals surface area contributed by atoms with Crippen molar-refractivity contribution in [3.63, 3.8) is 0 Å². The maximum absolute atomic E-state index is 5.96. The third-order valence-corrected chi connectivity index (χ3v) is 4.39. The largest absolute Gasteiger partial charge is 0.435 e. The van der Waals surface area contributed by atoms with E-state index in [4.69, 9.17) is 4.74 Å². The standard InChI is InChI=1S/C14H12IN3OS/c1-3-11-17-13(9-6-7-20-14(9)18-11)19-10-5-4-8(2)16-12(10)15/h4-7H,3H2,1-2H3. The highest BCUT2D eigenvalue weighted by atomic mass is 127. The first kappa shape index (κ1) is 13.7. The maximum Gasteiger partial charge on any atom is 0.231 e. The molecule has 0 bridgehead atoms. The van der Waals surface area contributed by atoms with Gasteiger partial charge in [0.05, 0.1) is 5.39 Å². The number of nitrogens with zero attached hydrogens (tertiary/aromatic N) is 3. The third kappa shape index (κ3) is 2.62. The summed E-state index contributed by atoms with van der Waals surface area (Å²) >= 11 is 3.78. The van der Waals surface area contributed by atoms with E-state index in [9.17, 15) is 0 Å². The Morgan fingerprint density at radius 3 is 2.80 bits per heavy atom. The third-order valence-electron chi connectivity index (χ3n) is 2.81. The van der Waals surface area contributed by atoms with Crippen LogP contribution in [0.4, 0.5) is 0 Å². The molecular formula is C14H12IN3OS. The van der Waals surface area contributed by atoms with Gasteiger partial charge in [-0.1, -0.05) is 6.92 Å². The van der Waals surface area contributed by atoms with Crippen molar-refractivity contribution in [3.8, 4) is 11.6 Å². The van der Waals surface area contributed by atoms with E-state index in [0.717, 1.165) is 37.6 Å². The molecular weight excluding hydrogens is 385 g/mol. The zero-order valence-corrected chi connectivity index (χ0v) is 14.0. The molecule has 4 nitrogen and oxygen atoms in total.